The maximum atomic E-state index is 11.8. The summed E-state index contributed by atoms with van der Waals surface area (Å²) in [7, 11) is 0. The minimum absolute atomic E-state index is 0.0761. The number of aryl methyl sites for hydroxylation is 1. The molecule has 0 saturated heterocycles. The summed E-state index contributed by atoms with van der Waals surface area (Å²) in [5, 5.41) is 4.34. The molecule has 22 heavy (non-hydrogen) atoms. The normalized spacial score (nSPS) is 12.6. The number of benzene rings is 1. The SMILES string of the molecule is CCc1ccc2c(CN[C@@H](C)c3ccco3)cc(=O)oc2c1. The van der Waals surface area contributed by atoms with Crippen LogP contribution in [0.3, 0.4) is 0 Å². The van der Waals surface area contributed by atoms with Crippen molar-refractivity contribution in [2.75, 3.05) is 0 Å². The van der Waals surface area contributed by atoms with Gasteiger partial charge in [0.05, 0.1) is 12.3 Å². The second-order valence-electron chi connectivity index (χ2n) is 5.39. The monoisotopic (exact) mass is 297 g/mol. The van der Waals surface area contributed by atoms with E-state index >= 15 is 0 Å². The van der Waals surface area contributed by atoms with Gasteiger partial charge in [-0.2, -0.15) is 0 Å². The Balaban J connectivity index is 1.88. The van der Waals surface area contributed by atoms with Gasteiger partial charge in [0.1, 0.15) is 11.3 Å². The molecule has 0 saturated carbocycles. The first-order valence-electron chi connectivity index (χ1n) is 7.50. The van der Waals surface area contributed by atoms with Crippen LogP contribution in [0.1, 0.15) is 36.8 Å². The average molecular weight is 297 g/mol. The maximum Gasteiger partial charge on any atom is 0.336 e. The number of rotatable bonds is 5. The molecule has 0 aliphatic carbocycles. The van der Waals surface area contributed by atoms with Gasteiger partial charge >= 0.3 is 5.63 Å². The molecule has 0 fully saturated rings. The zero-order chi connectivity index (χ0) is 15.5. The van der Waals surface area contributed by atoms with Crippen LogP contribution in [0.4, 0.5) is 0 Å². The van der Waals surface area contributed by atoms with Gasteiger partial charge in [-0.25, -0.2) is 4.79 Å². The van der Waals surface area contributed by atoms with Crippen molar-refractivity contribution in [3.05, 3.63) is 70.0 Å². The lowest BCUT2D eigenvalue weighted by atomic mass is 10.1. The maximum absolute atomic E-state index is 11.8. The molecule has 3 rings (SSSR count). The summed E-state index contributed by atoms with van der Waals surface area (Å²) >= 11 is 0. The van der Waals surface area contributed by atoms with E-state index < -0.39 is 0 Å². The molecule has 114 valence electrons. The number of furan rings is 1. The van der Waals surface area contributed by atoms with E-state index in [9.17, 15) is 4.79 Å². The third-order valence-corrected chi connectivity index (χ3v) is 3.87. The van der Waals surface area contributed by atoms with Crippen LogP contribution in [0.25, 0.3) is 11.0 Å². The van der Waals surface area contributed by atoms with Gasteiger partial charge < -0.3 is 14.2 Å². The van der Waals surface area contributed by atoms with Crippen LogP contribution in [0.2, 0.25) is 0 Å². The minimum atomic E-state index is -0.316. The Morgan fingerprint density at radius 1 is 1.23 bits per heavy atom. The minimum Gasteiger partial charge on any atom is -0.468 e. The van der Waals surface area contributed by atoms with E-state index in [4.69, 9.17) is 8.83 Å². The Bertz CT molecular complexity index is 818. The van der Waals surface area contributed by atoms with Crippen molar-refractivity contribution in [3.63, 3.8) is 0 Å². The first-order chi connectivity index (χ1) is 10.7. The first-order valence-corrected chi connectivity index (χ1v) is 7.50. The van der Waals surface area contributed by atoms with Gasteiger partial charge in [0.15, 0.2) is 0 Å². The van der Waals surface area contributed by atoms with E-state index in [1.807, 2.05) is 31.2 Å². The predicted octanol–water partition coefficient (Wildman–Crippen LogP) is 3.80. The largest absolute Gasteiger partial charge is 0.468 e. The molecule has 0 radical (unpaired) electrons. The molecule has 3 aromatic rings. The molecule has 0 aliphatic heterocycles. The van der Waals surface area contributed by atoms with Crippen LogP contribution in [0, 0.1) is 0 Å². The standard InChI is InChI=1S/C18H19NO3/c1-3-13-6-7-15-14(10-18(20)22-17(15)9-13)11-19-12(2)16-5-4-8-21-16/h4-10,12,19H,3,11H2,1-2H3/t12-/m0/s1. The van der Waals surface area contributed by atoms with Crippen LogP contribution in [0.15, 0.2) is 56.3 Å². The Labute approximate surface area is 128 Å². The van der Waals surface area contributed by atoms with Gasteiger partial charge in [0.2, 0.25) is 0 Å². The zero-order valence-corrected chi connectivity index (χ0v) is 12.8. The molecule has 1 N–H and O–H groups in total. The molecule has 1 aromatic carbocycles. The van der Waals surface area contributed by atoms with Crippen LogP contribution in [0.5, 0.6) is 0 Å². The zero-order valence-electron chi connectivity index (χ0n) is 12.8. The van der Waals surface area contributed by atoms with E-state index in [0.717, 1.165) is 28.7 Å². The highest BCUT2D eigenvalue weighted by molar-refractivity contribution is 5.80. The second kappa shape index (κ2) is 6.20. The average Bonchev–Trinajstić information content (AvgIpc) is 3.05. The van der Waals surface area contributed by atoms with Crippen molar-refractivity contribution in [2.45, 2.75) is 32.9 Å². The second-order valence-corrected chi connectivity index (χ2v) is 5.39. The fourth-order valence-corrected chi connectivity index (χ4v) is 2.54. The van der Waals surface area contributed by atoms with Gasteiger partial charge in [0.25, 0.3) is 0 Å². The number of fused-ring (bicyclic) bond motifs is 1. The van der Waals surface area contributed by atoms with E-state index in [2.05, 4.69) is 18.3 Å². The summed E-state index contributed by atoms with van der Waals surface area (Å²) in [6.07, 6.45) is 2.57. The summed E-state index contributed by atoms with van der Waals surface area (Å²) in [5.74, 6) is 0.876. The lowest BCUT2D eigenvalue weighted by molar-refractivity contribution is 0.430. The number of hydrogen-bond acceptors (Lipinski definition) is 4. The van der Waals surface area contributed by atoms with Crippen molar-refractivity contribution in [1.82, 2.24) is 5.32 Å². The van der Waals surface area contributed by atoms with Crippen molar-refractivity contribution in [3.8, 4) is 0 Å². The highest BCUT2D eigenvalue weighted by atomic mass is 16.4. The van der Waals surface area contributed by atoms with Crippen LogP contribution >= 0.6 is 0 Å². The summed E-state index contributed by atoms with van der Waals surface area (Å²) in [6, 6.07) is 11.5. The fourth-order valence-electron chi connectivity index (χ4n) is 2.54. The predicted molar refractivity (Wildman–Crippen MR) is 85.8 cm³/mol. The van der Waals surface area contributed by atoms with Gasteiger partial charge in [-0.15, -0.1) is 0 Å². The highest BCUT2D eigenvalue weighted by Gasteiger charge is 2.10. The molecule has 0 aliphatic rings. The Kier molecular flexibility index (Phi) is 4.11. The van der Waals surface area contributed by atoms with E-state index in [0.29, 0.717) is 12.1 Å². The van der Waals surface area contributed by atoms with E-state index in [1.165, 1.54) is 0 Å². The number of nitrogens with one attached hydrogen (secondary N) is 1. The third-order valence-electron chi connectivity index (χ3n) is 3.87. The Morgan fingerprint density at radius 3 is 2.82 bits per heavy atom. The van der Waals surface area contributed by atoms with E-state index in [-0.39, 0.29) is 11.7 Å². The Morgan fingerprint density at radius 2 is 2.09 bits per heavy atom. The molecule has 4 heteroatoms. The molecule has 2 heterocycles. The number of hydrogen-bond donors (Lipinski definition) is 1. The quantitative estimate of drug-likeness (QED) is 0.728. The molecular weight excluding hydrogens is 278 g/mol. The summed E-state index contributed by atoms with van der Waals surface area (Å²) in [5.41, 5.74) is 2.43. The molecule has 1 atom stereocenters. The van der Waals surface area contributed by atoms with Crippen molar-refractivity contribution >= 4 is 11.0 Å². The smallest absolute Gasteiger partial charge is 0.336 e. The van der Waals surface area contributed by atoms with Gasteiger partial charge in [0, 0.05) is 18.0 Å². The summed E-state index contributed by atoms with van der Waals surface area (Å²) < 4.78 is 10.7. The summed E-state index contributed by atoms with van der Waals surface area (Å²) in [6.45, 7) is 4.69. The lowest BCUT2D eigenvalue weighted by Gasteiger charge is -2.12. The molecule has 0 bridgehead atoms. The van der Waals surface area contributed by atoms with Crippen molar-refractivity contribution < 1.29 is 8.83 Å². The van der Waals surface area contributed by atoms with Gasteiger partial charge in [-0.05, 0) is 42.7 Å². The van der Waals surface area contributed by atoms with Gasteiger partial charge in [-0.3, -0.25) is 0 Å². The third kappa shape index (κ3) is 2.97. The van der Waals surface area contributed by atoms with Crippen LogP contribution in [-0.4, -0.2) is 0 Å². The van der Waals surface area contributed by atoms with E-state index in [1.54, 1.807) is 12.3 Å². The van der Waals surface area contributed by atoms with Crippen LogP contribution in [-0.2, 0) is 13.0 Å². The molecule has 2 aromatic heterocycles. The lowest BCUT2D eigenvalue weighted by Crippen LogP contribution is -2.18. The molecule has 4 nitrogen and oxygen atoms in total. The van der Waals surface area contributed by atoms with Crippen molar-refractivity contribution in [1.29, 1.82) is 0 Å². The molecule has 0 unspecified atom stereocenters. The molecule has 0 amide bonds. The van der Waals surface area contributed by atoms with Crippen LogP contribution < -0.4 is 10.9 Å². The Hall–Kier alpha value is -2.33. The van der Waals surface area contributed by atoms with Crippen molar-refractivity contribution in [2.24, 2.45) is 0 Å². The summed E-state index contributed by atoms with van der Waals surface area (Å²) in [4.78, 5) is 11.8. The first kappa shape index (κ1) is 14.6. The molecular formula is C18H19NO3. The highest BCUT2D eigenvalue weighted by Crippen LogP contribution is 2.20. The molecule has 0 spiro atoms. The fraction of sp³-hybridized carbons (Fsp3) is 0.278. The van der Waals surface area contributed by atoms with Gasteiger partial charge in [-0.1, -0.05) is 19.1 Å². The topological polar surface area (TPSA) is 55.4 Å².